The van der Waals surface area contributed by atoms with Crippen LogP contribution < -0.4 is 5.32 Å². The average Bonchev–Trinajstić information content (AvgIpc) is 2.70. The van der Waals surface area contributed by atoms with E-state index in [4.69, 9.17) is 11.6 Å². The van der Waals surface area contributed by atoms with Gasteiger partial charge < -0.3 is 5.32 Å². The van der Waals surface area contributed by atoms with E-state index in [1.54, 1.807) is 0 Å². The van der Waals surface area contributed by atoms with Crippen molar-refractivity contribution < 1.29 is 0 Å². The van der Waals surface area contributed by atoms with E-state index in [-0.39, 0.29) is 0 Å². The van der Waals surface area contributed by atoms with Crippen LogP contribution in [0.2, 0.25) is 5.02 Å². The molecule has 0 aliphatic rings. The molecule has 0 aliphatic heterocycles. The maximum atomic E-state index is 6.39. The van der Waals surface area contributed by atoms with E-state index in [1.165, 1.54) is 5.56 Å². The number of aromatic nitrogens is 2. The van der Waals surface area contributed by atoms with Crippen molar-refractivity contribution in [3.05, 3.63) is 50.7 Å². The topological polar surface area (TPSA) is 29.9 Å². The summed E-state index contributed by atoms with van der Waals surface area (Å²) in [5.41, 5.74) is 3.31. The van der Waals surface area contributed by atoms with Crippen LogP contribution in [0.4, 0.5) is 0 Å². The third-order valence-corrected chi connectivity index (χ3v) is 4.70. The van der Waals surface area contributed by atoms with Gasteiger partial charge in [-0.3, -0.25) is 4.68 Å². The molecule has 1 heterocycles. The van der Waals surface area contributed by atoms with Gasteiger partial charge in [0.1, 0.15) is 0 Å². The highest BCUT2D eigenvalue weighted by Gasteiger charge is 2.18. The molecule has 2 aromatic rings. The highest BCUT2D eigenvalue weighted by molar-refractivity contribution is 9.10. The Hall–Kier alpha value is -0.840. The van der Waals surface area contributed by atoms with Gasteiger partial charge >= 0.3 is 0 Å². The van der Waals surface area contributed by atoms with Crippen molar-refractivity contribution in [2.24, 2.45) is 7.05 Å². The van der Waals surface area contributed by atoms with Gasteiger partial charge in [0, 0.05) is 24.0 Å². The summed E-state index contributed by atoms with van der Waals surface area (Å²) in [5, 5.41) is 8.64. The lowest BCUT2D eigenvalue weighted by Crippen LogP contribution is -2.23. The Morgan fingerprint density at radius 1 is 1.33 bits per heavy atom. The second kappa shape index (κ2) is 7.43. The van der Waals surface area contributed by atoms with E-state index in [0.717, 1.165) is 40.4 Å². The Bertz CT molecular complexity index is 592. The first kappa shape index (κ1) is 16.5. The first-order chi connectivity index (χ1) is 10.0. The maximum Gasteiger partial charge on any atom is 0.0847 e. The predicted molar refractivity (Wildman–Crippen MR) is 92.1 cm³/mol. The standard InChI is InChI=1S/C16H21BrClN3/c1-4-19-10-13(12-5-7-14(17)8-6-12)9-15-16(18)11(2)20-21(15)3/h5-8,13,19H,4,9-10H2,1-3H3. The van der Waals surface area contributed by atoms with Crippen LogP contribution in [-0.4, -0.2) is 22.9 Å². The van der Waals surface area contributed by atoms with Crippen molar-refractivity contribution >= 4 is 27.5 Å². The Balaban J connectivity index is 2.25. The summed E-state index contributed by atoms with van der Waals surface area (Å²) in [6, 6.07) is 8.52. The molecule has 0 saturated carbocycles. The van der Waals surface area contributed by atoms with E-state index in [9.17, 15) is 0 Å². The zero-order valence-electron chi connectivity index (χ0n) is 12.7. The summed E-state index contributed by atoms with van der Waals surface area (Å²) in [5.74, 6) is 0.380. The summed E-state index contributed by atoms with van der Waals surface area (Å²) >= 11 is 9.88. The van der Waals surface area contributed by atoms with Crippen molar-refractivity contribution in [3.8, 4) is 0 Å². The van der Waals surface area contributed by atoms with Crippen molar-refractivity contribution in [1.82, 2.24) is 15.1 Å². The number of hydrogen-bond acceptors (Lipinski definition) is 2. The Labute approximate surface area is 139 Å². The van der Waals surface area contributed by atoms with Crippen LogP contribution in [0.3, 0.4) is 0 Å². The SMILES string of the molecule is CCNCC(Cc1c(Cl)c(C)nn1C)c1ccc(Br)cc1. The molecular formula is C16H21BrClN3. The fourth-order valence-electron chi connectivity index (χ4n) is 2.50. The van der Waals surface area contributed by atoms with Gasteiger partial charge in [0.05, 0.1) is 16.4 Å². The molecule has 0 bridgehead atoms. The Morgan fingerprint density at radius 2 is 2.00 bits per heavy atom. The normalized spacial score (nSPS) is 12.6. The lowest BCUT2D eigenvalue weighted by atomic mass is 9.94. The number of rotatable bonds is 6. The van der Waals surface area contributed by atoms with E-state index < -0.39 is 0 Å². The average molecular weight is 371 g/mol. The van der Waals surface area contributed by atoms with Gasteiger partial charge in [0.25, 0.3) is 0 Å². The number of likely N-dealkylation sites (N-methyl/N-ethyl adjacent to an activating group) is 1. The van der Waals surface area contributed by atoms with E-state index in [1.807, 2.05) is 18.7 Å². The Morgan fingerprint density at radius 3 is 2.52 bits per heavy atom. The molecule has 1 unspecified atom stereocenters. The molecule has 0 radical (unpaired) electrons. The molecule has 3 nitrogen and oxygen atoms in total. The van der Waals surface area contributed by atoms with Crippen LogP contribution in [-0.2, 0) is 13.5 Å². The van der Waals surface area contributed by atoms with Gasteiger partial charge in [0.2, 0.25) is 0 Å². The zero-order chi connectivity index (χ0) is 15.4. The van der Waals surface area contributed by atoms with Crippen LogP contribution in [0.1, 0.15) is 29.8 Å². The summed E-state index contributed by atoms with van der Waals surface area (Å²) < 4.78 is 3.00. The van der Waals surface area contributed by atoms with Crippen molar-refractivity contribution in [2.75, 3.05) is 13.1 Å². The molecule has 0 saturated heterocycles. The van der Waals surface area contributed by atoms with Crippen molar-refractivity contribution in [3.63, 3.8) is 0 Å². The van der Waals surface area contributed by atoms with Gasteiger partial charge in [-0.1, -0.05) is 46.6 Å². The molecule has 1 aromatic carbocycles. The monoisotopic (exact) mass is 369 g/mol. The summed E-state index contributed by atoms with van der Waals surface area (Å²) in [6.45, 7) is 5.97. The number of benzene rings is 1. The van der Waals surface area contributed by atoms with E-state index in [0.29, 0.717) is 5.92 Å². The zero-order valence-corrected chi connectivity index (χ0v) is 15.0. The number of nitrogens with zero attached hydrogens (tertiary/aromatic N) is 2. The van der Waals surface area contributed by atoms with Crippen LogP contribution >= 0.6 is 27.5 Å². The summed E-state index contributed by atoms with van der Waals surface area (Å²) in [6.07, 6.45) is 0.880. The summed E-state index contributed by atoms with van der Waals surface area (Å²) in [7, 11) is 1.96. The molecule has 114 valence electrons. The minimum atomic E-state index is 0.380. The second-order valence-corrected chi connectivity index (χ2v) is 6.52. The maximum absolute atomic E-state index is 6.39. The minimum Gasteiger partial charge on any atom is -0.316 e. The largest absolute Gasteiger partial charge is 0.316 e. The minimum absolute atomic E-state index is 0.380. The number of hydrogen-bond donors (Lipinski definition) is 1. The van der Waals surface area contributed by atoms with Crippen LogP contribution in [0.5, 0.6) is 0 Å². The molecule has 0 fully saturated rings. The number of nitrogens with one attached hydrogen (secondary N) is 1. The van der Waals surface area contributed by atoms with Gasteiger partial charge in [0.15, 0.2) is 0 Å². The highest BCUT2D eigenvalue weighted by Crippen LogP contribution is 2.27. The molecule has 1 N–H and O–H groups in total. The second-order valence-electron chi connectivity index (χ2n) is 5.23. The predicted octanol–water partition coefficient (Wildman–Crippen LogP) is 4.08. The molecule has 1 aromatic heterocycles. The number of halogens is 2. The van der Waals surface area contributed by atoms with Crippen LogP contribution in [0.25, 0.3) is 0 Å². The molecule has 0 amide bonds. The smallest absolute Gasteiger partial charge is 0.0847 e. The number of aryl methyl sites for hydroxylation is 2. The van der Waals surface area contributed by atoms with Crippen molar-refractivity contribution in [2.45, 2.75) is 26.2 Å². The Kier molecular flexibility index (Phi) is 5.85. The molecule has 2 rings (SSSR count). The van der Waals surface area contributed by atoms with Gasteiger partial charge in [-0.2, -0.15) is 5.10 Å². The highest BCUT2D eigenvalue weighted by atomic mass is 79.9. The van der Waals surface area contributed by atoms with Crippen LogP contribution in [0, 0.1) is 6.92 Å². The summed E-state index contributed by atoms with van der Waals surface area (Å²) in [4.78, 5) is 0. The lowest BCUT2D eigenvalue weighted by molar-refractivity contribution is 0.570. The van der Waals surface area contributed by atoms with Crippen molar-refractivity contribution in [1.29, 1.82) is 0 Å². The molecule has 1 atom stereocenters. The van der Waals surface area contributed by atoms with Gasteiger partial charge in [-0.25, -0.2) is 0 Å². The lowest BCUT2D eigenvalue weighted by Gasteiger charge is -2.18. The third kappa shape index (κ3) is 4.09. The van der Waals surface area contributed by atoms with Gasteiger partial charge in [-0.15, -0.1) is 0 Å². The van der Waals surface area contributed by atoms with E-state index in [2.05, 4.69) is 57.5 Å². The quantitative estimate of drug-likeness (QED) is 0.830. The molecule has 0 spiro atoms. The molecular weight excluding hydrogens is 350 g/mol. The fraction of sp³-hybridized carbons (Fsp3) is 0.438. The van der Waals surface area contributed by atoms with E-state index >= 15 is 0 Å². The van der Waals surface area contributed by atoms with Gasteiger partial charge in [-0.05, 0) is 37.6 Å². The molecule has 5 heteroatoms. The first-order valence-corrected chi connectivity index (χ1v) is 8.34. The molecule has 21 heavy (non-hydrogen) atoms. The third-order valence-electron chi connectivity index (χ3n) is 3.68. The first-order valence-electron chi connectivity index (χ1n) is 7.17. The van der Waals surface area contributed by atoms with Crippen LogP contribution in [0.15, 0.2) is 28.7 Å². The molecule has 0 aliphatic carbocycles. The fourth-order valence-corrected chi connectivity index (χ4v) is 3.00.